The molecule has 1 aromatic rings. The molecule has 0 saturated heterocycles. The van der Waals surface area contributed by atoms with Gasteiger partial charge in [-0.1, -0.05) is 12.8 Å². The van der Waals surface area contributed by atoms with Crippen molar-refractivity contribution < 1.29 is 4.79 Å². The van der Waals surface area contributed by atoms with Crippen molar-refractivity contribution in [1.29, 1.82) is 0 Å². The summed E-state index contributed by atoms with van der Waals surface area (Å²) in [5.41, 5.74) is 1.27. The molecule has 22 heavy (non-hydrogen) atoms. The van der Waals surface area contributed by atoms with Gasteiger partial charge in [0.2, 0.25) is 5.91 Å². The maximum absolute atomic E-state index is 11.8. The summed E-state index contributed by atoms with van der Waals surface area (Å²) in [6, 6.07) is 2.61. The number of thiophene rings is 1. The minimum Gasteiger partial charge on any atom is -0.353 e. The molecule has 0 spiro atoms. The van der Waals surface area contributed by atoms with E-state index in [1.807, 2.05) is 7.05 Å². The van der Waals surface area contributed by atoms with Crippen LogP contribution in [-0.4, -0.2) is 55.4 Å². The molecule has 0 bridgehead atoms. The van der Waals surface area contributed by atoms with Crippen molar-refractivity contribution in [3.63, 3.8) is 0 Å². The van der Waals surface area contributed by atoms with Gasteiger partial charge >= 0.3 is 0 Å². The highest BCUT2D eigenvalue weighted by Crippen LogP contribution is 2.18. The van der Waals surface area contributed by atoms with E-state index in [9.17, 15) is 4.79 Å². The van der Waals surface area contributed by atoms with E-state index in [0.717, 1.165) is 12.5 Å². The number of hydrogen-bond acceptors (Lipinski definition) is 3. The van der Waals surface area contributed by atoms with Crippen molar-refractivity contribution in [1.82, 2.24) is 15.1 Å². The van der Waals surface area contributed by atoms with Crippen LogP contribution in [0.25, 0.3) is 0 Å². The standard InChI is InChI=1S/C16H26N4OS/c1-19(2)15(21)10-17-16(18-14-6-4-5-7-14)20(3)11-13-8-9-22-12-13/h8-9,12,14H,4-7,10-11H2,1-3H3,(H,17,18). The van der Waals surface area contributed by atoms with E-state index >= 15 is 0 Å². The SMILES string of the molecule is CN(C)C(=O)CN=C(NC1CCCC1)N(C)Cc1ccsc1. The molecule has 0 aromatic carbocycles. The third-order valence-electron chi connectivity index (χ3n) is 3.91. The van der Waals surface area contributed by atoms with E-state index in [4.69, 9.17) is 0 Å². The number of rotatable bonds is 5. The topological polar surface area (TPSA) is 47.9 Å². The van der Waals surface area contributed by atoms with Crippen LogP contribution in [0.15, 0.2) is 21.8 Å². The predicted octanol–water partition coefficient (Wildman–Crippen LogP) is 2.16. The smallest absolute Gasteiger partial charge is 0.243 e. The van der Waals surface area contributed by atoms with Crippen molar-refractivity contribution in [3.8, 4) is 0 Å². The largest absolute Gasteiger partial charge is 0.353 e. The van der Waals surface area contributed by atoms with Crippen molar-refractivity contribution >= 4 is 23.2 Å². The fraction of sp³-hybridized carbons (Fsp3) is 0.625. The Bertz CT molecular complexity index is 492. The summed E-state index contributed by atoms with van der Waals surface area (Å²) >= 11 is 1.70. The molecular weight excluding hydrogens is 296 g/mol. The third kappa shape index (κ3) is 5.02. The number of nitrogens with one attached hydrogen (secondary N) is 1. The number of carbonyl (C=O) groups excluding carboxylic acids is 1. The molecule has 1 amide bonds. The zero-order valence-electron chi connectivity index (χ0n) is 13.7. The Kier molecular flexibility index (Phi) is 6.24. The lowest BCUT2D eigenvalue weighted by Crippen LogP contribution is -2.43. The van der Waals surface area contributed by atoms with Gasteiger partial charge in [-0.2, -0.15) is 11.3 Å². The highest BCUT2D eigenvalue weighted by Gasteiger charge is 2.18. The van der Waals surface area contributed by atoms with Crippen LogP contribution in [0.4, 0.5) is 0 Å². The zero-order chi connectivity index (χ0) is 15.9. The van der Waals surface area contributed by atoms with Crippen LogP contribution in [0.5, 0.6) is 0 Å². The van der Waals surface area contributed by atoms with E-state index in [1.54, 1.807) is 30.3 Å². The number of aliphatic imine (C=N–C) groups is 1. The van der Waals surface area contributed by atoms with Gasteiger partial charge in [-0.15, -0.1) is 0 Å². The predicted molar refractivity (Wildman–Crippen MR) is 92.2 cm³/mol. The van der Waals surface area contributed by atoms with Gasteiger partial charge in [0.05, 0.1) is 0 Å². The second kappa shape index (κ2) is 8.17. The molecule has 1 saturated carbocycles. The number of hydrogen-bond donors (Lipinski definition) is 1. The zero-order valence-corrected chi connectivity index (χ0v) is 14.5. The molecule has 122 valence electrons. The Balaban J connectivity index is 2.01. The van der Waals surface area contributed by atoms with Gasteiger partial charge in [0.25, 0.3) is 0 Å². The van der Waals surface area contributed by atoms with Gasteiger partial charge in [0.1, 0.15) is 6.54 Å². The van der Waals surface area contributed by atoms with E-state index in [0.29, 0.717) is 6.04 Å². The average Bonchev–Trinajstić information content (AvgIpc) is 3.15. The number of nitrogens with zero attached hydrogens (tertiary/aromatic N) is 3. The molecule has 0 aliphatic heterocycles. The minimum absolute atomic E-state index is 0.0228. The van der Waals surface area contributed by atoms with Crippen molar-refractivity contribution in [2.24, 2.45) is 4.99 Å². The monoisotopic (exact) mass is 322 g/mol. The average molecular weight is 322 g/mol. The fourth-order valence-corrected chi connectivity index (χ4v) is 3.20. The molecule has 0 unspecified atom stereocenters. The van der Waals surface area contributed by atoms with Crippen LogP contribution in [0.2, 0.25) is 0 Å². The number of carbonyl (C=O) groups is 1. The van der Waals surface area contributed by atoms with Gasteiger partial charge < -0.3 is 15.1 Å². The van der Waals surface area contributed by atoms with E-state index in [1.165, 1.54) is 31.2 Å². The van der Waals surface area contributed by atoms with Crippen LogP contribution in [-0.2, 0) is 11.3 Å². The van der Waals surface area contributed by atoms with Gasteiger partial charge in [0, 0.05) is 33.7 Å². The first-order chi connectivity index (χ1) is 10.6. The lowest BCUT2D eigenvalue weighted by Gasteiger charge is -2.25. The number of likely N-dealkylation sites (N-methyl/N-ethyl adjacent to an activating group) is 1. The van der Waals surface area contributed by atoms with Crippen LogP contribution < -0.4 is 5.32 Å². The van der Waals surface area contributed by atoms with Gasteiger partial charge in [-0.3, -0.25) is 4.79 Å². The summed E-state index contributed by atoms with van der Waals surface area (Å²) in [6.07, 6.45) is 4.92. The fourth-order valence-electron chi connectivity index (χ4n) is 2.54. The van der Waals surface area contributed by atoms with Crippen LogP contribution in [0, 0.1) is 0 Å². The maximum Gasteiger partial charge on any atom is 0.243 e. The Hall–Kier alpha value is -1.56. The molecule has 1 aliphatic rings. The van der Waals surface area contributed by atoms with Crippen LogP contribution in [0.3, 0.4) is 0 Å². The summed E-state index contributed by atoms with van der Waals surface area (Å²) in [5.74, 6) is 0.850. The van der Waals surface area contributed by atoms with Gasteiger partial charge in [-0.05, 0) is 35.2 Å². The number of guanidine groups is 1. The maximum atomic E-state index is 11.8. The van der Waals surface area contributed by atoms with Crippen LogP contribution >= 0.6 is 11.3 Å². The molecule has 0 radical (unpaired) electrons. The van der Waals surface area contributed by atoms with E-state index < -0.39 is 0 Å². The Morgan fingerprint density at radius 2 is 2.09 bits per heavy atom. The lowest BCUT2D eigenvalue weighted by molar-refractivity contribution is -0.127. The highest BCUT2D eigenvalue weighted by atomic mass is 32.1. The first-order valence-electron chi connectivity index (χ1n) is 7.79. The molecular formula is C16H26N4OS. The summed E-state index contributed by atoms with van der Waals surface area (Å²) < 4.78 is 0. The normalized spacial score (nSPS) is 15.9. The molecule has 0 atom stereocenters. The Morgan fingerprint density at radius 1 is 1.36 bits per heavy atom. The van der Waals surface area contributed by atoms with Crippen molar-refractivity contribution in [3.05, 3.63) is 22.4 Å². The summed E-state index contributed by atoms with van der Waals surface area (Å²) in [4.78, 5) is 20.0. The molecule has 6 heteroatoms. The van der Waals surface area contributed by atoms with Gasteiger partial charge in [-0.25, -0.2) is 4.99 Å². The molecule has 1 fully saturated rings. The second-order valence-electron chi connectivity index (χ2n) is 6.04. The Morgan fingerprint density at radius 3 is 2.68 bits per heavy atom. The highest BCUT2D eigenvalue weighted by molar-refractivity contribution is 7.07. The van der Waals surface area contributed by atoms with E-state index in [2.05, 4.69) is 32.0 Å². The minimum atomic E-state index is 0.0228. The quantitative estimate of drug-likeness (QED) is 0.667. The Labute approximate surface area is 137 Å². The third-order valence-corrected chi connectivity index (χ3v) is 4.64. The van der Waals surface area contributed by atoms with Crippen molar-refractivity contribution in [2.75, 3.05) is 27.7 Å². The molecule has 1 N–H and O–H groups in total. The summed E-state index contributed by atoms with van der Waals surface area (Å²) in [7, 11) is 5.55. The number of amides is 1. The van der Waals surface area contributed by atoms with Crippen LogP contribution in [0.1, 0.15) is 31.2 Å². The lowest BCUT2D eigenvalue weighted by atomic mass is 10.2. The molecule has 1 aliphatic carbocycles. The van der Waals surface area contributed by atoms with Gasteiger partial charge in [0.15, 0.2) is 5.96 Å². The molecule has 1 aromatic heterocycles. The molecule has 1 heterocycles. The first-order valence-corrected chi connectivity index (χ1v) is 8.74. The molecule has 2 rings (SSSR count). The van der Waals surface area contributed by atoms with E-state index in [-0.39, 0.29) is 12.5 Å². The van der Waals surface area contributed by atoms with Crippen molar-refractivity contribution in [2.45, 2.75) is 38.3 Å². The first kappa shape index (κ1) is 16.8. The summed E-state index contributed by atoms with van der Waals surface area (Å²) in [6.45, 7) is 0.994. The summed E-state index contributed by atoms with van der Waals surface area (Å²) in [5, 5.41) is 7.76. The molecule has 5 nitrogen and oxygen atoms in total. The second-order valence-corrected chi connectivity index (χ2v) is 6.82.